The van der Waals surface area contributed by atoms with E-state index < -0.39 is 23.9 Å². The Labute approximate surface area is 139 Å². The van der Waals surface area contributed by atoms with Gasteiger partial charge in [0.25, 0.3) is 0 Å². The number of anilines is 2. The summed E-state index contributed by atoms with van der Waals surface area (Å²) in [5.74, 6) is -1.25. The van der Waals surface area contributed by atoms with Crippen molar-refractivity contribution in [1.29, 1.82) is 0 Å². The lowest BCUT2D eigenvalue weighted by Gasteiger charge is -2.29. The minimum atomic E-state index is -0.536. The second-order valence-corrected chi connectivity index (χ2v) is 5.87. The van der Waals surface area contributed by atoms with Crippen LogP contribution in [-0.4, -0.2) is 51.0 Å². The summed E-state index contributed by atoms with van der Waals surface area (Å²) in [7, 11) is 0. The van der Waals surface area contributed by atoms with Gasteiger partial charge in [0, 0.05) is 18.8 Å². The lowest BCUT2D eigenvalue weighted by atomic mass is 10.0. The zero-order valence-electron chi connectivity index (χ0n) is 13.4. The highest BCUT2D eigenvalue weighted by atomic mass is 19.1. The quantitative estimate of drug-likeness (QED) is 0.867. The van der Waals surface area contributed by atoms with E-state index in [1.165, 1.54) is 6.07 Å². The van der Waals surface area contributed by atoms with Crippen molar-refractivity contribution in [1.82, 2.24) is 5.32 Å². The van der Waals surface area contributed by atoms with Gasteiger partial charge in [-0.15, -0.1) is 0 Å². The average Bonchev–Trinajstić information content (AvgIpc) is 3.01. The minimum absolute atomic E-state index is 0.289. The van der Waals surface area contributed by atoms with Gasteiger partial charge in [-0.3, -0.25) is 4.79 Å². The first-order valence-electron chi connectivity index (χ1n) is 7.92. The number of halogens is 1. The maximum absolute atomic E-state index is 14.3. The van der Waals surface area contributed by atoms with Crippen LogP contribution in [0.4, 0.5) is 20.6 Å². The number of rotatable bonds is 4. The summed E-state index contributed by atoms with van der Waals surface area (Å²) in [6.45, 7) is 4.38. The first kappa shape index (κ1) is 16.5. The molecule has 2 aliphatic rings. The van der Waals surface area contributed by atoms with E-state index in [0.717, 1.165) is 0 Å². The third kappa shape index (κ3) is 3.59. The monoisotopic (exact) mass is 337 g/mol. The van der Waals surface area contributed by atoms with Gasteiger partial charge >= 0.3 is 6.09 Å². The van der Waals surface area contributed by atoms with Gasteiger partial charge in [0.1, 0.15) is 11.9 Å². The number of nitrogens with zero attached hydrogens (tertiary/aromatic N) is 1. The second-order valence-electron chi connectivity index (χ2n) is 5.87. The third-order valence-electron chi connectivity index (χ3n) is 4.24. The molecule has 2 heterocycles. The van der Waals surface area contributed by atoms with Crippen LogP contribution in [0.3, 0.4) is 0 Å². The molecule has 2 amide bonds. The molecule has 0 spiro atoms. The molecule has 0 saturated carbocycles. The Morgan fingerprint density at radius 2 is 2.17 bits per heavy atom. The van der Waals surface area contributed by atoms with E-state index in [1.807, 2.05) is 4.90 Å². The summed E-state index contributed by atoms with van der Waals surface area (Å²) in [6.07, 6.45) is -1.05. The van der Waals surface area contributed by atoms with E-state index in [4.69, 9.17) is 9.47 Å². The molecule has 7 nitrogen and oxygen atoms in total. The summed E-state index contributed by atoms with van der Waals surface area (Å²) in [5.41, 5.74) is 0.872. The van der Waals surface area contributed by atoms with E-state index in [0.29, 0.717) is 37.7 Å². The highest BCUT2D eigenvalue weighted by Gasteiger charge is 2.32. The number of nitrogens with one attached hydrogen (secondary N) is 2. The number of carbonyl (C=O) groups is 2. The van der Waals surface area contributed by atoms with Gasteiger partial charge in [0.2, 0.25) is 5.91 Å². The Balaban J connectivity index is 1.63. The molecule has 2 atom stereocenters. The number of carbonyl (C=O) groups excluding carboxylic acids is 2. The summed E-state index contributed by atoms with van der Waals surface area (Å²) in [4.78, 5) is 25.2. The van der Waals surface area contributed by atoms with E-state index in [9.17, 15) is 14.0 Å². The molecule has 2 saturated heterocycles. The van der Waals surface area contributed by atoms with Crippen molar-refractivity contribution in [3.8, 4) is 0 Å². The van der Waals surface area contributed by atoms with Crippen LogP contribution in [0.15, 0.2) is 18.2 Å². The first-order valence-corrected chi connectivity index (χ1v) is 7.92. The SMILES string of the molecule is C[C@H](C(=O)Nc1ccc(N2CCOCC2)c(F)c1)C1CNC(=O)O1. The Morgan fingerprint density at radius 3 is 2.79 bits per heavy atom. The van der Waals surface area contributed by atoms with E-state index in [-0.39, 0.29) is 12.5 Å². The number of cyclic esters (lactones) is 1. The van der Waals surface area contributed by atoms with Crippen LogP contribution in [0.2, 0.25) is 0 Å². The Hall–Kier alpha value is -2.35. The van der Waals surface area contributed by atoms with Crippen molar-refractivity contribution in [2.45, 2.75) is 13.0 Å². The molecule has 1 aromatic carbocycles. The standard InChI is InChI=1S/C16H20FN3O4/c1-10(14-9-18-16(22)24-14)15(21)19-11-2-3-13(12(17)8-11)20-4-6-23-7-5-20/h2-3,8,10,14H,4-7,9H2,1H3,(H,18,22)(H,19,21)/t10-,14?/m0/s1. The van der Waals surface area contributed by atoms with Crippen LogP contribution in [0.25, 0.3) is 0 Å². The van der Waals surface area contributed by atoms with Crippen LogP contribution < -0.4 is 15.5 Å². The van der Waals surface area contributed by atoms with Gasteiger partial charge in [0.05, 0.1) is 31.4 Å². The maximum atomic E-state index is 14.3. The number of hydrogen-bond donors (Lipinski definition) is 2. The molecule has 0 bridgehead atoms. The average molecular weight is 337 g/mol. The van der Waals surface area contributed by atoms with Crippen LogP contribution in [-0.2, 0) is 14.3 Å². The normalized spacial score (nSPS) is 21.8. The smallest absolute Gasteiger partial charge is 0.407 e. The molecule has 130 valence electrons. The molecule has 8 heteroatoms. The summed E-state index contributed by atoms with van der Waals surface area (Å²) in [6, 6.07) is 4.61. The number of amides is 2. The predicted molar refractivity (Wildman–Crippen MR) is 85.5 cm³/mol. The van der Waals surface area contributed by atoms with Gasteiger partial charge in [-0.1, -0.05) is 0 Å². The summed E-state index contributed by atoms with van der Waals surface area (Å²) >= 11 is 0. The summed E-state index contributed by atoms with van der Waals surface area (Å²) < 4.78 is 24.6. The molecular weight excluding hydrogens is 317 g/mol. The topological polar surface area (TPSA) is 79.9 Å². The molecule has 2 aliphatic heterocycles. The molecular formula is C16H20FN3O4. The predicted octanol–water partition coefficient (Wildman–Crippen LogP) is 1.35. The molecule has 2 N–H and O–H groups in total. The number of morpholine rings is 1. The van der Waals surface area contributed by atoms with E-state index in [2.05, 4.69) is 10.6 Å². The fourth-order valence-electron chi connectivity index (χ4n) is 2.75. The molecule has 3 rings (SSSR count). The molecule has 0 radical (unpaired) electrons. The zero-order chi connectivity index (χ0) is 17.1. The fourth-order valence-corrected chi connectivity index (χ4v) is 2.75. The first-order chi connectivity index (χ1) is 11.5. The van der Waals surface area contributed by atoms with Gasteiger partial charge in [-0.2, -0.15) is 0 Å². The van der Waals surface area contributed by atoms with Gasteiger partial charge in [0.15, 0.2) is 0 Å². The van der Waals surface area contributed by atoms with Crippen LogP contribution >= 0.6 is 0 Å². The van der Waals surface area contributed by atoms with Crippen LogP contribution in [0.1, 0.15) is 6.92 Å². The number of benzene rings is 1. The second kappa shape index (κ2) is 7.04. The van der Waals surface area contributed by atoms with Crippen molar-refractivity contribution in [2.24, 2.45) is 5.92 Å². The number of ether oxygens (including phenoxy) is 2. The van der Waals surface area contributed by atoms with Crippen molar-refractivity contribution in [3.05, 3.63) is 24.0 Å². The van der Waals surface area contributed by atoms with Crippen molar-refractivity contribution >= 4 is 23.4 Å². The molecule has 24 heavy (non-hydrogen) atoms. The molecule has 0 aliphatic carbocycles. The lowest BCUT2D eigenvalue weighted by molar-refractivity contribution is -0.121. The van der Waals surface area contributed by atoms with Gasteiger partial charge in [-0.05, 0) is 25.1 Å². The summed E-state index contributed by atoms with van der Waals surface area (Å²) in [5, 5.41) is 5.17. The largest absolute Gasteiger partial charge is 0.444 e. The zero-order valence-corrected chi connectivity index (χ0v) is 13.4. The highest BCUT2D eigenvalue weighted by Crippen LogP contribution is 2.24. The van der Waals surface area contributed by atoms with Gasteiger partial charge < -0.3 is 25.0 Å². The Kier molecular flexibility index (Phi) is 4.84. The molecule has 0 aromatic heterocycles. The van der Waals surface area contributed by atoms with Crippen molar-refractivity contribution < 1.29 is 23.5 Å². The van der Waals surface area contributed by atoms with Crippen LogP contribution in [0.5, 0.6) is 0 Å². The fraction of sp³-hybridized carbons (Fsp3) is 0.500. The van der Waals surface area contributed by atoms with Crippen LogP contribution in [0, 0.1) is 11.7 Å². The van der Waals surface area contributed by atoms with Crippen molar-refractivity contribution in [2.75, 3.05) is 43.1 Å². The number of alkyl carbamates (subject to hydrolysis) is 1. The Morgan fingerprint density at radius 1 is 1.42 bits per heavy atom. The highest BCUT2D eigenvalue weighted by molar-refractivity contribution is 5.93. The number of hydrogen-bond acceptors (Lipinski definition) is 5. The van der Waals surface area contributed by atoms with E-state index >= 15 is 0 Å². The van der Waals surface area contributed by atoms with E-state index in [1.54, 1.807) is 19.1 Å². The molecule has 1 aromatic rings. The van der Waals surface area contributed by atoms with Crippen molar-refractivity contribution in [3.63, 3.8) is 0 Å². The lowest BCUT2D eigenvalue weighted by Crippen LogP contribution is -2.36. The van der Waals surface area contributed by atoms with Gasteiger partial charge in [-0.25, -0.2) is 9.18 Å². The third-order valence-corrected chi connectivity index (χ3v) is 4.24. The Bertz CT molecular complexity index is 634. The molecule has 1 unspecified atom stereocenters. The maximum Gasteiger partial charge on any atom is 0.407 e. The molecule has 2 fully saturated rings. The minimum Gasteiger partial charge on any atom is -0.444 e.